The van der Waals surface area contributed by atoms with Crippen molar-refractivity contribution in [1.29, 1.82) is 0 Å². The van der Waals surface area contributed by atoms with Crippen molar-refractivity contribution in [3.8, 4) is 0 Å². The lowest BCUT2D eigenvalue weighted by molar-refractivity contribution is 0.0941. The molecule has 3 aromatic rings. The van der Waals surface area contributed by atoms with Crippen LogP contribution < -0.4 is 11.1 Å². The molecule has 26 heavy (non-hydrogen) atoms. The van der Waals surface area contributed by atoms with E-state index >= 15 is 0 Å². The van der Waals surface area contributed by atoms with E-state index in [-0.39, 0.29) is 5.91 Å². The summed E-state index contributed by atoms with van der Waals surface area (Å²) in [6.45, 7) is 0.357. The van der Waals surface area contributed by atoms with Crippen molar-refractivity contribution in [3.63, 3.8) is 0 Å². The molecule has 134 valence electrons. The third-order valence-corrected chi connectivity index (χ3v) is 5.44. The first kappa shape index (κ1) is 18.4. The molecule has 2 amide bonds. The average Bonchev–Trinajstić information content (AvgIpc) is 2.95. The van der Waals surface area contributed by atoms with Crippen LogP contribution in [0.4, 0.5) is 0 Å². The monoisotopic (exact) mass is 387 g/mol. The summed E-state index contributed by atoms with van der Waals surface area (Å²) in [7, 11) is 1.86. The second-order valence-electron chi connectivity index (χ2n) is 5.88. The maximum Gasteiger partial charge on any atom is 0.268 e. The highest BCUT2D eigenvalue weighted by molar-refractivity contribution is 7.98. The Morgan fingerprint density at radius 1 is 1.19 bits per heavy atom. The van der Waals surface area contributed by atoms with Gasteiger partial charge in [-0.05, 0) is 42.2 Å². The van der Waals surface area contributed by atoms with Crippen molar-refractivity contribution in [2.75, 3.05) is 6.26 Å². The number of rotatable bonds is 5. The van der Waals surface area contributed by atoms with Crippen LogP contribution in [0.25, 0.3) is 10.9 Å². The number of carbonyl (C=O) groups excluding carboxylic acids is 2. The largest absolute Gasteiger partial charge is 0.366 e. The Kier molecular flexibility index (Phi) is 5.25. The molecule has 0 radical (unpaired) electrons. The first-order valence-electron chi connectivity index (χ1n) is 7.90. The number of halogens is 1. The number of nitrogens with two attached hydrogens (primary N) is 1. The first-order chi connectivity index (χ1) is 12.4. The summed E-state index contributed by atoms with van der Waals surface area (Å²) in [6.07, 6.45) is 1.97. The number of thioether (sulfide) groups is 1. The molecule has 0 aliphatic heterocycles. The lowest BCUT2D eigenvalue weighted by Gasteiger charge is -2.08. The number of carbonyl (C=O) groups is 2. The molecule has 1 aromatic heterocycles. The molecule has 0 saturated heterocycles. The number of aryl methyl sites for hydroxylation is 1. The molecule has 7 heteroatoms. The van der Waals surface area contributed by atoms with Gasteiger partial charge in [0.15, 0.2) is 0 Å². The summed E-state index contributed by atoms with van der Waals surface area (Å²) < 4.78 is 1.86. The van der Waals surface area contributed by atoms with Gasteiger partial charge in [0.25, 0.3) is 5.91 Å². The van der Waals surface area contributed by atoms with E-state index in [9.17, 15) is 9.59 Å². The quantitative estimate of drug-likeness (QED) is 0.657. The SMILES string of the molecule is CSc1cc2c(cc1Cl)cc(C(=O)NCc1ccc(C(N)=O)cc1)n2C. The number of nitrogens with one attached hydrogen (secondary N) is 1. The molecule has 0 fully saturated rings. The zero-order valence-electron chi connectivity index (χ0n) is 14.4. The highest BCUT2D eigenvalue weighted by atomic mass is 35.5. The van der Waals surface area contributed by atoms with E-state index < -0.39 is 5.91 Å². The smallest absolute Gasteiger partial charge is 0.268 e. The van der Waals surface area contributed by atoms with Gasteiger partial charge < -0.3 is 15.6 Å². The predicted octanol–water partition coefficient (Wildman–Crippen LogP) is 3.58. The number of hydrogen-bond donors (Lipinski definition) is 2. The number of primary amides is 1. The van der Waals surface area contributed by atoms with Gasteiger partial charge in [-0.3, -0.25) is 9.59 Å². The van der Waals surface area contributed by atoms with Crippen LogP contribution in [0.15, 0.2) is 47.4 Å². The Bertz CT molecular complexity index is 996. The number of hydrogen-bond acceptors (Lipinski definition) is 3. The van der Waals surface area contributed by atoms with Crippen LogP contribution in [0.5, 0.6) is 0 Å². The number of aromatic nitrogens is 1. The zero-order chi connectivity index (χ0) is 18.8. The van der Waals surface area contributed by atoms with E-state index in [1.165, 1.54) is 0 Å². The average molecular weight is 388 g/mol. The summed E-state index contributed by atoms with van der Waals surface area (Å²) in [4.78, 5) is 24.6. The molecule has 0 spiro atoms. The van der Waals surface area contributed by atoms with E-state index in [2.05, 4.69) is 5.32 Å². The molecule has 3 rings (SSSR count). The molecular weight excluding hydrogens is 370 g/mol. The maximum atomic E-state index is 12.6. The number of nitrogens with zero attached hydrogens (tertiary/aromatic N) is 1. The van der Waals surface area contributed by atoms with Crippen LogP contribution in [-0.2, 0) is 13.6 Å². The Morgan fingerprint density at radius 2 is 1.88 bits per heavy atom. The van der Waals surface area contributed by atoms with Gasteiger partial charge in [-0.15, -0.1) is 11.8 Å². The van der Waals surface area contributed by atoms with E-state index in [1.807, 2.05) is 36.1 Å². The topological polar surface area (TPSA) is 77.1 Å². The highest BCUT2D eigenvalue weighted by Gasteiger charge is 2.15. The van der Waals surface area contributed by atoms with E-state index in [0.717, 1.165) is 21.4 Å². The van der Waals surface area contributed by atoms with Gasteiger partial charge in [0.2, 0.25) is 5.91 Å². The zero-order valence-corrected chi connectivity index (χ0v) is 15.9. The minimum atomic E-state index is -0.473. The maximum absolute atomic E-state index is 12.6. The van der Waals surface area contributed by atoms with E-state index in [4.69, 9.17) is 17.3 Å². The second kappa shape index (κ2) is 7.43. The van der Waals surface area contributed by atoms with Crippen molar-refractivity contribution < 1.29 is 9.59 Å². The molecule has 0 aliphatic rings. The highest BCUT2D eigenvalue weighted by Crippen LogP contribution is 2.31. The van der Waals surface area contributed by atoms with Crippen molar-refractivity contribution in [2.24, 2.45) is 12.8 Å². The summed E-state index contributed by atoms with van der Waals surface area (Å²) in [5, 5.41) is 4.50. The van der Waals surface area contributed by atoms with Crippen LogP contribution in [0, 0.1) is 0 Å². The van der Waals surface area contributed by atoms with E-state index in [0.29, 0.717) is 22.8 Å². The van der Waals surface area contributed by atoms with Crippen molar-refractivity contribution >= 4 is 46.1 Å². The molecule has 1 heterocycles. The Hall–Kier alpha value is -2.44. The number of fused-ring (bicyclic) bond motifs is 1. The molecule has 5 nitrogen and oxygen atoms in total. The molecular formula is C19H18ClN3O2S. The molecule has 3 N–H and O–H groups in total. The standard InChI is InChI=1S/C19H18ClN3O2S/c1-23-15-9-17(26-2)14(20)7-13(15)8-16(23)19(25)22-10-11-3-5-12(6-4-11)18(21)24/h3-9H,10H2,1-2H3,(H2,21,24)(H,22,25). The minimum absolute atomic E-state index is 0.176. The van der Waals surface area contributed by atoms with Gasteiger partial charge in [0, 0.05) is 35.0 Å². The Labute approximate surface area is 160 Å². The van der Waals surface area contributed by atoms with Crippen LogP contribution in [0.1, 0.15) is 26.4 Å². The molecule has 0 aliphatic carbocycles. The van der Waals surface area contributed by atoms with E-state index in [1.54, 1.807) is 36.0 Å². The third kappa shape index (κ3) is 3.57. The van der Waals surface area contributed by atoms with Gasteiger partial charge in [-0.1, -0.05) is 23.7 Å². The van der Waals surface area contributed by atoms with Crippen LogP contribution in [0.3, 0.4) is 0 Å². The van der Waals surface area contributed by atoms with Crippen molar-refractivity contribution in [1.82, 2.24) is 9.88 Å². The van der Waals surface area contributed by atoms with Gasteiger partial charge in [-0.2, -0.15) is 0 Å². The molecule has 2 aromatic carbocycles. The van der Waals surface area contributed by atoms with Gasteiger partial charge in [0.1, 0.15) is 5.69 Å². The second-order valence-corrected chi connectivity index (χ2v) is 7.13. The van der Waals surface area contributed by atoms with Gasteiger partial charge in [0.05, 0.1) is 5.02 Å². The molecule has 0 unspecified atom stereocenters. The van der Waals surface area contributed by atoms with Crippen molar-refractivity contribution in [3.05, 3.63) is 64.3 Å². The van der Waals surface area contributed by atoms with Crippen LogP contribution >= 0.6 is 23.4 Å². The summed E-state index contributed by atoms with van der Waals surface area (Å²) in [5.74, 6) is -0.649. The lowest BCUT2D eigenvalue weighted by atomic mass is 10.1. The summed E-state index contributed by atoms with van der Waals surface area (Å²) in [6, 6.07) is 12.5. The fourth-order valence-electron chi connectivity index (χ4n) is 2.77. The fraction of sp³-hybridized carbons (Fsp3) is 0.158. The fourth-order valence-corrected chi connectivity index (χ4v) is 3.66. The third-order valence-electron chi connectivity index (χ3n) is 4.24. The molecule has 0 atom stereocenters. The van der Waals surface area contributed by atoms with Crippen LogP contribution in [0.2, 0.25) is 5.02 Å². The van der Waals surface area contributed by atoms with Crippen LogP contribution in [-0.4, -0.2) is 22.6 Å². The first-order valence-corrected chi connectivity index (χ1v) is 9.51. The van der Waals surface area contributed by atoms with Gasteiger partial charge in [-0.25, -0.2) is 0 Å². The summed E-state index contributed by atoms with van der Waals surface area (Å²) >= 11 is 7.83. The Balaban J connectivity index is 1.79. The lowest BCUT2D eigenvalue weighted by Crippen LogP contribution is -2.24. The summed E-state index contributed by atoms with van der Waals surface area (Å²) in [5.41, 5.74) is 8.06. The number of benzene rings is 2. The van der Waals surface area contributed by atoms with Crippen molar-refractivity contribution in [2.45, 2.75) is 11.4 Å². The molecule has 0 bridgehead atoms. The van der Waals surface area contributed by atoms with Gasteiger partial charge >= 0.3 is 0 Å². The Morgan fingerprint density at radius 3 is 2.50 bits per heavy atom. The normalized spacial score (nSPS) is 10.9. The molecule has 0 saturated carbocycles. The minimum Gasteiger partial charge on any atom is -0.366 e. The predicted molar refractivity (Wildman–Crippen MR) is 106 cm³/mol. The number of amides is 2.